The Morgan fingerprint density at radius 2 is 2.05 bits per heavy atom. The van der Waals surface area contributed by atoms with Crippen LogP contribution in [-0.2, 0) is 12.7 Å². The molecule has 0 N–H and O–H groups in total. The molecule has 19 heavy (non-hydrogen) atoms. The van der Waals surface area contributed by atoms with Crippen molar-refractivity contribution in [3.05, 3.63) is 52.7 Å². The second-order valence-electron chi connectivity index (χ2n) is 4.00. The lowest BCUT2D eigenvalue weighted by molar-refractivity contribution is -0.137. The largest absolute Gasteiger partial charge is 0.416 e. The van der Waals surface area contributed by atoms with Crippen molar-refractivity contribution >= 4 is 0 Å². The number of aromatic nitrogens is 2. The standard InChI is InChI=1S/C13H11F3N2O/c1-2-18-7-11(12(19)17-8-18)9-4-3-5-10(6-9)13(14,15)16/h3-8H,2H2,1H3. The predicted molar refractivity (Wildman–Crippen MR) is 64.6 cm³/mol. The highest BCUT2D eigenvalue weighted by Gasteiger charge is 2.30. The van der Waals surface area contributed by atoms with Gasteiger partial charge in [-0.3, -0.25) is 4.79 Å². The summed E-state index contributed by atoms with van der Waals surface area (Å²) in [4.78, 5) is 15.3. The molecule has 0 amide bonds. The van der Waals surface area contributed by atoms with E-state index < -0.39 is 17.3 Å². The van der Waals surface area contributed by atoms with Gasteiger partial charge < -0.3 is 4.57 Å². The molecule has 0 aliphatic carbocycles. The van der Waals surface area contributed by atoms with Crippen molar-refractivity contribution in [3.8, 4) is 11.1 Å². The molecule has 2 rings (SSSR count). The maximum atomic E-state index is 12.6. The molecule has 3 nitrogen and oxygen atoms in total. The Hall–Kier alpha value is -2.11. The van der Waals surface area contributed by atoms with Crippen LogP contribution in [-0.4, -0.2) is 9.55 Å². The molecule has 0 saturated heterocycles. The van der Waals surface area contributed by atoms with Gasteiger partial charge in [0.1, 0.15) is 0 Å². The minimum absolute atomic E-state index is 0.162. The number of alkyl halides is 3. The molecule has 0 atom stereocenters. The van der Waals surface area contributed by atoms with Crippen LogP contribution in [0.2, 0.25) is 0 Å². The van der Waals surface area contributed by atoms with Crippen LogP contribution in [0.5, 0.6) is 0 Å². The van der Waals surface area contributed by atoms with Gasteiger partial charge in [-0.05, 0) is 24.6 Å². The minimum atomic E-state index is -4.43. The first kappa shape index (κ1) is 13.3. The summed E-state index contributed by atoms with van der Waals surface area (Å²) in [5.41, 5.74) is -0.939. The molecule has 1 aromatic heterocycles. The molecule has 0 saturated carbocycles. The van der Waals surface area contributed by atoms with Crippen molar-refractivity contribution in [2.24, 2.45) is 0 Å². The average Bonchev–Trinajstić information content (AvgIpc) is 2.38. The van der Waals surface area contributed by atoms with E-state index in [1.54, 1.807) is 4.57 Å². The van der Waals surface area contributed by atoms with Gasteiger partial charge in [-0.2, -0.15) is 18.2 Å². The van der Waals surface area contributed by atoms with E-state index in [4.69, 9.17) is 0 Å². The molecule has 0 spiro atoms. The van der Waals surface area contributed by atoms with Crippen molar-refractivity contribution in [2.45, 2.75) is 19.6 Å². The Balaban J connectivity index is 2.56. The van der Waals surface area contributed by atoms with Crippen LogP contribution in [0.3, 0.4) is 0 Å². The van der Waals surface area contributed by atoms with Gasteiger partial charge in [0.25, 0.3) is 5.56 Å². The molecule has 0 unspecified atom stereocenters. The molecule has 0 aliphatic heterocycles. The summed E-state index contributed by atoms with van der Waals surface area (Å²) < 4.78 is 39.5. The SMILES string of the molecule is CCn1cnc(=O)c(-c2cccc(C(F)(F)F)c2)c1. The first-order valence-corrected chi connectivity index (χ1v) is 5.65. The number of hydrogen-bond donors (Lipinski definition) is 0. The Morgan fingerprint density at radius 3 is 2.68 bits per heavy atom. The molecule has 6 heteroatoms. The normalized spacial score (nSPS) is 11.6. The van der Waals surface area contributed by atoms with Crippen LogP contribution < -0.4 is 5.56 Å². The van der Waals surface area contributed by atoms with Crippen LogP contribution in [0.15, 0.2) is 41.6 Å². The van der Waals surface area contributed by atoms with Crippen LogP contribution in [0.1, 0.15) is 12.5 Å². The van der Waals surface area contributed by atoms with Crippen LogP contribution in [0.25, 0.3) is 11.1 Å². The molecule has 1 heterocycles. The third-order valence-electron chi connectivity index (χ3n) is 2.71. The maximum absolute atomic E-state index is 12.6. The minimum Gasteiger partial charge on any atom is -0.338 e. The van der Waals surface area contributed by atoms with Gasteiger partial charge in [0.15, 0.2) is 0 Å². The zero-order valence-electron chi connectivity index (χ0n) is 10.1. The summed E-state index contributed by atoms with van der Waals surface area (Å²) >= 11 is 0. The summed E-state index contributed by atoms with van der Waals surface area (Å²) in [7, 11) is 0. The fourth-order valence-electron chi connectivity index (χ4n) is 1.68. The molecule has 0 radical (unpaired) electrons. The van der Waals surface area contributed by atoms with E-state index in [0.29, 0.717) is 6.54 Å². The summed E-state index contributed by atoms with van der Waals surface area (Å²) in [5, 5.41) is 0. The van der Waals surface area contributed by atoms with Gasteiger partial charge in [-0.15, -0.1) is 0 Å². The fourth-order valence-corrected chi connectivity index (χ4v) is 1.68. The third kappa shape index (κ3) is 2.83. The lowest BCUT2D eigenvalue weighted by Crippen LogP contribution is -2.13. The third-order valence-corrected chi connectivity index (χ3v) is 2.71. The number of hydrogen-bond acceptors (Lipinski definition) is 2. The van der Waals surface area contributed by atoms with Crippen molar-refractivity contribution in [3.63, 3.8) is 0 Å². The monoisotopic (exact) mass is 268 g/mol. The molecular weight excluding hydrogens is 257 g/mol. The van der Waals surface area contributed by atoms with E-state index in [9.17, 15) is 18.0 Å². The van der Waals surface area contributed by atoms with E-state index in [0.717, 1.165) is 12.1 Å². The molecule has 1 aromatic carbocycles. The zero-order chi connectivity index (χ0) is 14.0. The Morgan fingerprint density at radius 1 is 1.32 bits per heavy atom. The molecule has 0 aliphatic rings. The van der Waals surface area contributed by atoms with Crippen molar-refractivity contribution in [1.29, 1.82) is 0 Å². The molecular formula is C13H11F3N2O. The quantitative estimate of drug-likeness (QED) is 0.839. The summed E-state index contributed by atoms with van der Waals surface area (Å²) in [5.74, 6) is 0. The molecule has 0 bridgehead atoms. The Kier molecular flexibility index (Phi) is 3.42. The summed E-state index contributed by atoms with van der Waals surface area (Å²) in [6.45, 7) is 2.43. The Bertz CT molecular complexity index is 647. The van der Waals surface area contributed by atoms with E-state index in [1.807, 2.05) is 6.92 Å². The van der Waals surface area contributed by atoms with Gasteiger partial charge in [0, 0.05) is 12.7 Å². The lowest BCUT2D eigenvalue weighted by Gasteiger charge is -2.09. The van der Waals surface area contributed by atoms with Gasteiger partial charge in [0.2, 0.25) is 0 Å². The Labute approximate surface area is 107 Å². The molecule has 2 aromatic rings. The van der Waals surface area contributed by atoms with Crippen molar-refractivity contribution in [2.75, 3.05) is 0 Å². The number of halogens is 3. The molecule has 100 valence electrons. The van der Waals surface area contributed by atoms with Gasteiger partial charge in [-0.1, -0.05) is 12.1 Å². The number of nitrogens with zero attached hydrogens (tertiary/aromatic N) is 2. The van der Waals surface area contributed by atoms with Crippen LogP contribution >= 0.6 is 0 Å². The first-order chi connectivity index (χ1) is 8.91. The average molecular weight is 268 g/mol. The maximum Gasteiger partial charge on any atom is 0.416 e. The van der Waals surface area contributed by atoms with E-state index in [1.165, 1.54) is 24.7 Å². The second kappa shape index (κ2) is 4.87. The predicted octanol–water partition coefficient (Wildman–Crippen LogP) is 2.95. The van der Waals surface area contributed by atoms with Crippen LogP contribution in [0.4, 0.5) is 13.2 Å². The highest BCUT2D eigenvalue weighted by Crippen LogP contribution is 2.31. The van der Waals surface area contributed by atoms with Crippen molar-refractivity contribution < 1.29 is 13.2 Å². The van der Waals surface area contributed by atoms with Crippen molar-refractivity contribution in [1.82, 2.24) is 9.55 Å². The zero-order valence-corrected chi connectivity index (χ0v) is 10.1. The van der Waals surface area contributed by atoms with Gasteiger partial charge >= 0.3 is 6.18 Å². The highest BCUT2D eigenvalue weighted by atomic mass is 19.4. The number of benzene rings is 1. The first-order valence-electron chi connectivity index (χ1n) is 5.65. The highest BCUT2D eigenvalue weighted by molar-refractivity contribution is 5.62. The lowest BCUT2D eigenvalue weighted by atomic mass is 10.1. The topological polar surface area (TPSA) is 34.9 Å². The van der Waals surface area contributed by atoms with Gasteiger partial charge in [-0.25, -0.2) is 0 Å². The van der Waals surface area contributed by atoms with E-state index in [-0.39, 0.29) is 11.1 Å². The second-order valence-corrected chi connectivity index (χ2v) is 4.00. The fraction of sp³-hybridized carbons (Fsp3) is 0.231. The smallest absolute Gasteiger partial charge is 0.338 e. The summed E-state index contributed by atoms with van der Waals surface area (Å²) in [6.07, 6.45) is -1.56. The molecule has 0 fully saturated rings. The summed E-state index contributed by atoms with van der Waals surface area (Å²) in [6, 6.07) is 4.67. The van der Waals surface area contributed by atoms with Crippen LogP contribution in [0, 0.1) is 0 Å². The number of aryl methyl sites for hydroxylation is 1. The van der Waals surface area contributed by atoms with E-state index >= 15 is 0 Å². The van der Waals surface area contributed by atoms with E-state index in [2.05, 4.69) is 4.98 Å². The van der Waals surface area contributed by atoms with Gasteiger partial charge in [0.05, 0.1) is 17.5 Å². The number of rotatable bonds is 2.